The minimum atomic E-state index is -1.41. The summed E-state index contributed by atoms with van der Waals surface area (Å²) in [6.07, 6.45) is -3.00. The fourth-order valence-corrected chi connectivity index (χ4v) is 2.28. The first-order valence-electron chi connectivity index (χ1n) is 7.26. The number of carbonyl (C=O) groups excluding carboxylic acids is 1. The normalized spacial score (nSPS) is 31.2. The van der Waals surface area contributed by atoms with Crippen molar-refractivity contribution in [3.63, 3.8) is 0 Å². The molecule has 5 unspecified atom stereocenters. The monoisotopic (exact) mass is 323 g/mol. The molecule has 1 saturated heterocycles. The Morgan fingerprint density at radius 2 is 1.91 bits per heavy atom. The second-order valence-corrected chi connectivity index (χ2v) is 5.24. The van der Waals surface area contributed by atoms with Crippen molar-refractivity contribution in [1.82, 2.24) is 5.32 Å². The maximum Gasteiger partial charge on any atom is 0.244 e. The highest BCUT2D eigenvalue weighted by atomic mass is 16.7. The molecule has 2 rings (SSSR count). The first kappa shape index (κ1) is 17.6. The standard InChI is InChI=1S/C16H21NO6/c1-22-16-15(21)14(20)13(19)11(23-16)9-17-12(18)8-7-10-5-3-2-4-6-10/h2-8,11,13-16,19-21H,9H2,1H3,(H,17,18). The van der Waals surface area contributed by atoms with E-state index in [9.17, 15) is 20.1 Å². The first-order chi connectivity index (χ1) is 11.0. The number of benzene rings is 1. The third kappa shape index (κ3) is 4.60. The number of amides is 1. The summed E-state index contributed by atoms with van der Waals surface area (Å²) in [6.45, 7) is -0.0250. The van der Waals surface area contributed by atoms with E-state index in [1.165, 1.54) is 13.2 Å². The summed E-state index contributed by atoms with van der Waals surface area (Å²) in [5.74, 6) is -0.362. The predicted octanol–water partition coefficient (Wildman–Crippen LogP) is -0.730. The van der Waals surface area contributed by atoms with Crippen molar-refractivity contribution in [2.24, 2.45) is 0 Å². The van der Waals surface area contributed by atoms with Gasteiger partial charge in [-0.2, -0.15) is 0 Å². The number of ether oxygens (including phenoxy) is 2. The molecule has 23 heavy (non-hydrogen) atoms. The van der Waals surface area contributed by atoms with Gasteiger partial charge in [-0.1, -0.05) is 30.3 Å². The molecule has 0 radical (unpaired) electrons. The average molecular weight is 323 g/mol. The van der Waals surface area contributed by atoms with Gasteiger partial charge in [0.25, 0.3) is 0 Å². The van der Waals surface area contributed by atoms with Crippen LogP contribution >= 0.6 is 0 Å². The van der Waals surface area contributed by atoms with E-state index in [1.807, 2.05) is 30.3 Å². The van der Waals surface area contributed by atoms with Crippen LogP contribution in [0.2, 0.25) is 0 Å². The molecule has 1 aliphatic heterocycles. The molecule has 1 aliphatic rings. The number of carbonyl (C=O) groups is 1. The Bertz CT molecular complexity index is 533. The fourth-order valence-electron chi connectivity index (χ4n) is 2.28. The summed E-state index contributed by atoms with van der Waals surface area (Å²) < 4.78 is 10.2. The quantitative estimate of drug-likeness (QED) is 0.532. The van der Waals surface area contributed by atoms with Gasteiger partial charge < -0.3 is 30.1 Å². The van der Waals surface area contributed by atoms with Gasteiger partial charge in [0, 0.05) is 19.7 Å². The lowest BCUT2D eigenvalue weighted by molar-refractivity contribution is -0.288. The smallest absolute Gasteiger partial charge is 0.244 e. The van der Waals surface area contributed by atoms with E-state index in [0.717, 1.165) is 5.56 Å². The van der Waals surface area contributed by atoms with Crippen molar-refractivity contribution in [3.8, 4) is 0 Å². The van der Waals surface area contributed by atoms with Gasteiger partial charge >= 0.3 is 0 Å². The zero-order chi connectivity index (χ0) is 16.8. The molecular weight excluding hydrogens is 302 g/mol. The minimum Gasteiger partial charge on any atom is -0.388 e. The summed E-state index contributed by atoms with van der Waals surface area (Å²) >= 11 is 0. The number of aliphatic hydroxyl groups is 3. The van der Waals surface area contributed by atoms with E-state index in [2.05, 4.69) is 5.32 Å². The van der Waals surface area contributed by atoms with Gasteiger partial charge in [0.1, 0.15) is 24.4 Å². The number of methoxy groups -OCH3 is 1. The number of hydrogen-bond acceptors (Lipinski definition) is 6. The Labute approximate surface area is 134 Å². The van der Waals surface area contributed by atoms with Crippen LogP contribution in [-0.2, 0) is 14.3 Å². The Morgan fingerprint density at radius 3 is 2.57 bits per heavy atom. The van der Waals surface area contributed by atoms with E-state index < -0.39 is 30.7 Å². The van der Waals surface area contributed by atoms with Crippen molar-refractivity contribution in [2.75, 3.05) is 13.7 Å². The van der Waals surface area contributed by atoms with E-state index in [4.69, 9.17) is 9.47 Å². The van der Waals surface area contributed by atoms with Gasteiger partial charge in [-0.25, -0.2) is 0 Å². The molecule has 7 nitrogen and oxygen atoms in total. The second kappa shape index (κ2) is 8.19. The SMILES string of the molecule is COC1OC(CNC(=O)C=Cc2ccccc2)C(O)C(O)C1O. The molecule has 0 saturated carbocycles. The number of nitrogens with one attached hydrogen (secondary N) is 1. The molecule has 1 aromatic carbocycles. The van der Waals surface area contributed by atoms with Crippen LogP contribution in [0.4, 0.5) is 0 Å². The molecule has 0 aliphatic carbocycles. The zero-order valence-electron chi connectivity index (χ0n) is 12.7. The lowest BCUT2D eigenvalue weighted by Gasteiger charge is -2.39. The molecule has 5 atom stereocenters. The van der Waals surface area contributed by atoms with Crippen LogP contribution in [0.5, 0.6) is 0 Å². The van der Waals surface area contributed by atoms with Gasteiger partial charge in [0.05, 0.1) is 0 Å². The van der Waals surface area contributed by atoms with E-state index in [-0.39, 0.29) is 12.5 Å². The van der Waals surface area contributed by atoms with E-state index in [0.29, 0.717) is 0 Å². The van der Waals surface area contributed by atoms with Crippen molar-refractivity contribution in [2.45, 2.75) is 30.7 Å². The van der Waals surface area contributed by atoms with E-state index >= 15 is 0 Å². The van der Waals surface area contributed by atoms with Crippen molar-refractivity contribution >= 4 is 12.0 Å². The minimum absolute atomic E-state index is 0.0250. The summed E-state index contributed by atoms with van der Waals surface area (Å²) in [5, 5.41) is 31.9. The van der Waals surface area contributed by atoms with Crippen LogP contribution < -0.4 is 5.32 Å². The summed E-state index contributed by atoms with van der Waals surface area (Å²) in [6, 6.07) is 9.32. The van der Waals surface area contributed by atoms with Crippen LogP contribution in [0, 0.1) is 0 Å². The third-order valence-electron chi connectivity index (χ3n) is 3.61. The fraction of sp³-hybridized carbons (Fsp3) is 0.438. The second-order valence-electron chi connectivity index (χ2n) is 5.24. The Hall–Kier alpha value is -1.77. The van der Waals surface area contributed by atoms with Gasteiger partial charge in [0.2, 0.25) is 5.91 Å². The van der Waals surface area contributed by atoms with Crippen molar-refractivity contribution in [3.05, 3.63) is 42.0 Å². The highest BCUT2D eigenvalue weighted by Gasteiger charge is 2.43. The molecule has 1 aromatic rings. The molecule has 0 bridgehead atoms. The summed E-state index contributed by atoms with van der Waals surface area (Å²) in [5.41, 5.74) is 0.884. The lowest BCUT2D eigenvalue weighted by Crippen LogP contribution is -2.60. The van der Waals surface area contributed by atoms with Gasteiger partial charge in [0.15, 0.2) is 6.29 Å². The number of hydrogen-bond donors (Lipinski definition) is 4. The molecular formula is C16H21NO6. The number of aliphatic hydroxyl groups excluding tert-OH is 3. The van der Waals surface area contributed by atoms with Crippen LogP contribution in [0.15, 0.2) is 36.4 Å². The van der Waals surface area contributed by atoms with Gasteiger partial charge in [-0.3, -0.25) is 4.79 Å². The highest BCUT2D eigenvalue weighted by Crippen LogP contribution is 2.21. The predicted molar refractivity (Wildman–Crippen MR) is 82.2 cm³/mol. The molecule has 0 aromatic heterocycles. The molecule has 1 fully saturated rings. The Morgan fingerprint density at radius 1 is 1.22 bits per heavy atom. The van der Waals surface area contributed by atoms with Crippen molar-refractivity contribution in [1.29, 1.82) is 0 Å². The molecule has 1 amide bonds. The zero-order valence-corrected chi connectivity index (χ0v) is 12.7. The Kier molecular flexibility index (Phi) is 6.26. The topological polar surface area (TPSA) is 108 Å². The highest BCUT2D eigenvalue weighted by molar-refractivity contribution is 5.91. The molecule has 0 spiro atoms. The summed E-state index contributed by atoms with van der Waals surface area (Å²) in [7, 11) is 1.32. The van der Waals surface area contributed by atoms with Crippen LogP contribution in [0.25, 0.3) is 6.08 Å². The third-order valence-corrected chi connectivity index (χ3v) is 3.61. The molecule has 7 heteroatoms. The maximum absolute atomic E-state index is 11.8. The maximum atomic E-state index is 11.8. The molecule has 4 N–H and O–H groups in total. The molecule has 1 heterocycles. The number of rotatable bonds is 5. The van der Waals surface area contributed by atoms with Crippen LogP contribution in [0.1, 0.15) is 5.56 Å². The largest absolute Gasteiger partial charge is 0.388 e. The van der Waals surface area contributed by atoms with Gasteiger partial charge in [-0.15, -0.1) is 0 Å². The van der Waals surface area contributed by atoms with Crippen LogP contribution in [0.3, 0.4) is 0 Å². The van der Waals surface area contributed by atoms with E-state index in [1.54, 1.807) is 6.08 Å². The van der Waals surface area contributed by atoms with Gasteiger partial charge in [-0.05, 0) is 11.6 Å². The first-order valence-corrected chi connectivity index (χ1v) is 7.26. The van der Waals surface area contributed by atoms with Crippen molar-refractivity contribution < 1.29 is 29.6 Å². The Balaban J connectivity index is 1.87. The molecule has 126 valence electrons. The summed E-state index contributed by atoms with van der Waals surface area (Å²) in [4.78, 5) is 11.8. The average Bonchev–Trinajstić information content (AvgIpc) is 2.58. The lowest BCUT2D eigenvalue weighted by atomic mass is 9.99. The van der Waals surface area contributed by atoms with Crippen LogP contribution in [-0.4, -0.2) is 65.6 Å².